The lowest BCUT2D eigenvalue weighted by Crippen LogP contribution is -2.48. The molecule has 1 aromatic heterocycles. The summed E-state index contributed by atoms with van der Waals surface area (Å²) < 4.78 is 30.0. The monoisotopic (exact) mass is 487 g/mol. The van der Waals surface area contributed by atoms with Gasteiger partial charge >= 0.3 is 0 Å². The van der Waals surface area contributed by atoms with Gasteiger partial charge in [-0.1, -0.05) is 13.8 Å². The number of aryl methyl sites for hydroxylation is 1. The molecule has 2 N–H and O–H groups in total. The van der Waals surface area contributed by atoms with Crippen LogP contribution >= 0.6 is 0 Å². The van der Waals surface area contributed by atoms with Gasteiger partial charge in [-0.15, -0.1) is 0 Å². The fourth-order valence-electron chi connectivity index (χ4n) is 5.44. The second-order valence-electron chi connectivity index (χ2n) is 11.3. The number of benzene rings is 1. The molecule has 1 aromatic carbocycles. The highest BCUT2D eigenvalue weighted by Crippen LogP contribution is 2.26. The smallest absolute Gasteiger partial charge is 0.242 e. The molecule has 6 nitrogen and oxygen atoms in total. The number of hydrogen-bond donors (Lipinski definition) is 2. The molecule has 35 heavy (non-hydrogen) atoms. The van der Waals surface area contributed by atoms with Gasteiger partial charge < -0.3 is 20.1 Å². The van der Waals surface area contributed by atoms with E-state index in [1.807, 2.05) is 6.20 Å². The number of aromatic nitrogens is 2. The summed E-state index contributed by atoms with van der Waals surface area (Å²) in [6, 6.07) is 1.90. The number of nitrogens with one attached hydrogen (secondary N) is 2. The number of carbonyl (C=O) groups excluding carboxylic acids is 1. The van der Waals surface area contributed by atoms with Crippen molar-refractivity contribution >= 4 is 11.7 Å². The van der Waals surface area contributed by atoms with Crippen LogP contribution in [0.3, 0.4) is 0 Å². The van der Waals surface area contributed by atoms with Crippen molar-refractivity contribution in [3.8, 4) is 0 Å². The van der Waals surface area contributed by atoms with E-state index in [-0.39, 0.29) is 17.5 Å². The molecule has 0 bridgehead atoms. The molecule has 0 radical (unpaired) electrons. The number of fused-ring (bicyclic) bond motifs is 1. The summed E-state index contributed by atoms with van der Waals surface area (Å²) in [5, 5.41) is 6.45. The van der Waals surface area contributed by atoms with Gasteiger partial charge in [-0.25, -0.2) is 13.8 Å². The quantitative estimate of drug-likeness (QED) is 0.547. The Morgan fingerprint density at radius 2 is 1.97 bits per heavy atom. The lowest BCUT2D eigenvalue weighted by atomic mass is 9.87. The SMILES string of the molecule is CC(C)CC(NC1CCc2cc(F)cc(F)c2C1)C(=O)Nc1cn(C(C)(C)CN2CCCC2)cn1. The van der Waals surface area contributed by atoms with Gasteiger partial charge in [-0.3, -0.25) is 4.79 Å². The van der Waals surface area contributed by atoms with E-state index in [0.717, 1.165) is 37.7 Å². The van der Waals surface area contributed by atoms with Crippen LogP contribution in [-0.4, -0.2) is 52.1 Å². The number of likely N-dealkylation sites (tertiary alicyclic amines) is 1. The normalized spacial score (nSPS) is 19.7. The van der Waals surface area contributed by atoms with Crippen molar-refractivity contribution in [2.45, 2.75) is 83.8 Å². The maximum atomic E-state index is 14.4. The number of imidazole rings is 1. The predicted molar refractivity (Wildman–Crippen MR) is 134 cm³/mol. The van der Waals surface area contributed by atoms with Gasteiger partial charge in [-0.2, -0.15) is 0 Å². The first-order valence-corrected chi connectivity index (χ1v) is 12.9. The molecule has 192 valence electrons. The Bertz CT molecular complexity index is 1030. The van der Waals surface area contributed by atoms with Crippen molar-refractivity contribution in [1.29, 1.82) is 0 Å². The van der Waals surface area contributed by atoms with E-state index in [4.69, 9.17) is 0 Å². The molecule has 8 heteroatoms. The fraction of sp³-hybridized carbons (Fsp3) is 0.630. The van der Waals surface area contributed by atoms with Gasteiger partial charge in [0.25, 0.3) is 0 Å². The zero-order valence-corrected chi connectivity index (χ0v) is 21.4. The van der Waals surface area contributed by atoms with Crippen LogP contribution in [0.2, 0.25) is 0 Å². The Morgan fingerprint density at radius 3 is 2.69 bits per heavy atom. The van der Waals surface area contributed by atoms with Gasteiger partial charge in [0.1, 0.15) is 11.6 Å². The minimum absolute atomic E-state index is 0.0473. The molecular formula is C27H39F2N5O. The van der Waals surface area contributed by atoms with Crippen molar-refractivity contribution in [1.82, 2.24) is 19.8 Å². The standard InChI is InChI=1S/C27H39F2N5O/c1-18(2)11-24(31-21-8-7-19-12-20(28)13-23(29)22(19)14-21)26(35)32-25-15-34(17-30-25)27(3,4)16-33-9-5-6-10-33/h12-13,15,17-18,21,24,31H,5-11,14,16H2,1-4H3,(H,32,35). The van der Waals surface area contributed by atoms with Crippen molar-refractivity contribution in [2.24, 2.45) is 5.92 Å². The number of amides is 1. The van der Waals surface area contributed by atoms with Crippen LogP contribution in [-0.2, 0) is 23.2 Å². The van der Waals surface area contributed by atoms with Crippen LogP contribution in [0.1, 0.15) is 64.5 Å². The first-order chi connectivity index (χ1) is 16.6. The van der Waals surface area contributed by atoms with E-state index in [0.29, 0.717) is 36.6 Å². The molecule has 2 aromatic rings. The van der Waals surface area contributed by atoms with Gasteiger partial charge in [0.15, 0.2) is 5.82 Å². The number of hydrogen-bond acceptors (Lipinski definition) is 4. The van der Waals surface area contributed by atoms with E-state index in [9.17, 15) is 13.6 Å². The molecule has 2 aliphatic rings. The number of halogens is 2. The van der Waals surface area contributed by atoms with Gasteiger partial charge in [0, 0.05) is 24.8 Å². The summed E-state index contributed by atoms with van der Waals surface area (Å²) >= 11 is 0. The Labute approximate surface area is 207 Å². The van der Waals surface area contributed by atoms with Crippen LogP contribution in [0.15, 0.2) is 24.7 Å². The summed E-state index contributed by atoms with van der Waals surface area (Å²) in [5.41, 5.74) is 1.15. The zero-order chi connectivity index (χ0) is 25.2. The van der Waals surface area contributed by atoms with Crippen LogP contribution < -0.4 is 10.6 Å². The van der Waals surface area contributed by atoms with Gasteiger partial charge in [0.2, 0.25) is 5.91 Å². The Morgan fingerprint density at radius 1 is 1.23 bits per heavy atom. The number of anilines is 1. The Kier molecular flexibility index (Phi) is 7.91. The first-order valence-electron chi connectivity index (χ1n) is 12.9. The predicted octanol–water partition coefficient (Wildman–Crippen LogP) is 4.49. The molecule has 2 heterocycles. The fourth-order valence-corrected chi connectivity index (χ4v) is 5.44. The average Bonchev–Trinajstić information content (AvgIpc) is 3.45. The van der Waals surface area contributed by atoms with Crippen LogP contribution in [0.5, 0.6) is 0 Å². The molecule has 1 amide bonds. The maximum Gasteiger partial charge on any atom is 0.242 e. The highest BCUT2D eigenvalue weighted by atomic mass is 19.1. The molecule has 4 rings (SSSR count). The van der Waals surface area contributed by atoms with E-state index in [1.54, 1.807) is 6.33 Å². The Balaban J connectivity index is 1.40. The molecule has 2 atom stereocenters. The molecular weight excluding hydrogens is 448 g/mol. The van der Waals surface area contributed by atoms with E-state index >= 15 is 0 Å². The lowest BCUT2D eigenvalue weighted by molar-refractivity contribution is -0.118. The average molecular weight is 488 g/mol. The van der Waals surface area contributed by atoms with Gasteiger partial charge in [-0.05, 0) is 88.6 Å². The van der Waals surface area contributed by atoms with Crippen LogP contribution in [0.4, 0.5) is 14.6 Å². The van der Waals surface area contributed by atoms with Crippen molar-refractivity contribution in [2.75, 3.05) is 25.0 Å². The molecule has 1 saturated heterocycles. The molecule has 1 aliphatic heterocycles. The molecule has 1 fully saturated rings. The number of rotatable bonds is 9. The Hall–Kier alpha value is -2.32. The maximum absolute atomic E-state index is 14.4. The highest BCUT2D eigenvalue weighted by Gasteiger charge is 2.29. The van der Waals surface area contributed by atoms with Crippen molar-refractivity contribution in [3.63, 3.8) is 0 Å². The zero-order valence-electron chi connectivity index (χ0n) is 21.4. The third kappa shape index (κ3) is 6.47. The van der Waals surface area contributed by atoms with E-state index in [1.165, 1.54) is 18.9 Å². The second kappa shape index (κ2) is 10.7. The summed E-state index contributed by atoms with van der Waals surface area (Å²) in [5.74, 6) is -0.328. The number of nitrogens with zero attached hydrogens (tertiary/aromatic N) is 3. The lowest BCUT2D eigenvalue weighted by Gasteiger charge is -2.31. The number of carbonyl (C=O) groups is 1. The third-order valence-electron chi connectivity index (χ3n) is 7.27. The molecule has 0 spiro atoms. The largest absolute Gasteiger partial charge is 0.328 e. The summed E-state index contributed by atoms with van der Waals surface area (Å²) in [7, 11) is 0. The summed E-state index contributed by atoms with van der Waals surface area (Å²) in [6.07, 6.45) is 8.62. The third-order valence-corrected chi connectivity index (χ3v) is 7.27. The van der Waals surface area contributed by atoms with Crippen molar-refractivity contribution < 1.29 is 13.6 Å². The molecule has 2 unspecified atom stereocenters. The van der Waals surface area contributed by atoms with Crippen LogP contribution in [0.25, 0.3) is 0 Å². The van der Waals surface area contributed by atoms with Gasteiger partial charge in [0.05, 0.1) is 17.9 Å². The highest BCUT2D eigenvalue weighted by molar-refractivity contribution is 5.94. The topological polar surface area (TPSA) is 62.2 Å². The first kappa shape index (κ1) is 25.8. The minimum Gasteiger partial charge on any atom is -0.328 e. The summed E-state index contributed by atoms with van der Waals surface area (Å²) in [4.78, 5) is 20.2. The second-order valence-corrected chi connectivity index (χ2v) is 11.3. The molecule has 0 saturated carbocycles. The van der Waals surface area contributed by atoms with E-state index in [2.05, 4.69) is 52.8 Å². The van der Waals surface area contributed by atoms with Crippen molar-refractivity contribution in [3.05, 3.63) is 47.4 Å². The van der Waals surface area contributed by atoms with E-state index < -0.39 is 17.7 Å². The minimum atomic E-state index is -0.534. The van der Waals surface area contributed by atoms with Crippen LogP contribution in [0, 0.1) is 17.6 Å². The molecule has 1 aliphatic carbocycles. The summed E-state index contributed by atoms with van der Waals surface area (Å²) in [6.45, 7) is 11.7.